The first-order valence-corrected chi connectivity index (χ1v) is 6.23. The summed E-state index contributed by atoms with van der Waals surface area (Å²) in [5.74, 6) is 0.417. The van der Waals surface area contributed by atoms with Crippen LogP contribution in [0.25, 0.3) is 0 Å². The number of rotatable bonds is 5. The molecule has 1 aliphatic rings. The summed E-state index contributed by atoms with van der Waals surface area (Å²) in [5.41, 5.74) is 0. The molecule has 1 aliphatic heterocycles. The molecule has 4 heteroatoms. The summed E-state index contributed by atoms with van der Waals surface area (Å²) in [7, 11) is 0. The maximum Gasteiger partial charge on any atom is 0.245 e. The van der Waals surface area contributed by atoms with Crippen LogP contribution >= 0.6 is 0 Å². The summed E-state index contributed by atoms with van der Waals surface area (Å²) in [5, 5.41) is 2.81. The average Bonchev–Trinajstić information content (AvgIpc) is 2.38. The van der Waals surface area contributed by atoms with Gasteiger partial charge in [-0.15, -0.1) is 6.58 Å². The second-order valence-electron chi connectivity index (χ2n) is 4.90. The lowest BCUT2D eigenvalue weighted by Crippen LogP contribution is -2.45. The molecular weight excluding hydrogens is 216 g/mol. The molecule has 0 aromatic heterocycles. The van der Waals surface area contributed by atoms with E-state index in [4.69, 9.17) is 0 Å². The molecule has 0 spiro atoms. The van der Waals surface area contributed by atoms with Crippen LogP contribution in [0.15, 0.2) is 12.7 Å². The van der Waals surface area contributed by atoms with E-state index in [9.17, 15) is 9.59 Å². The summed E-state index contributed by atoms with van der Waals surface area (Å²) in [6, 6.07) is -0.352. The zero-order valence-electron chi connectivity index (χ0n) is 10.7. The van der Waals surface area contributed by atoms with Crippen molar-refractivity contribution in [1.82, 2.24) is 10.2 Å². The van der Waals surface area contributed by atoms with Gasteiger partial charge in [-0.25, -0.2) is 0 Å². The Balaban J connectivity index is 2.70. The molecule has 0 bridgehead atoms. The molecule has 1 atom stereocenters. The molecule has 1 heterocycles. The highest BCUT2D eigenvalue weighted by Crippen LogP contribution is 2.12. The molecule has 0 radical (unpaired) electrons. The second-order valence-corrected chi connectivity index (χ2v) is 4.90. The summed E-state index contributed by atoms with van der Waals surface area (Å²) < 4.78 is 0. The average molecular weight is 238 g/mol. The van der Waals surface area contributed by atoms with E-state index in [0.717, 1.165) is 6.42 Å². The predicted molar refractivity (Wildman–Crippen MR) is 67.4 cm³/mol. The molecule has 17 heavy (non-hydrogen) atoms. The number of carbonyl (C=O) groups is 2. The summed E-state index contributed by atoms with van der Waals surface area (Å²) >= 11 is 0. The molecule has 1 saturated heterocycles. The lowest BCUT2D eigenvalue weighted by atomic mass is 10.0. The molecular formula is C13H22N2O2. The summed E-state index contributed by atoms with van der Waals surface area (Å²) in [6.45, 7) is 8.94. The second kappa shape index (κ2) is 6.42. The minimum Gasteiger partial charge on any atom is -0.344 e. The van der Waals surface area contributed by atoms with Gasteiger partial charge in [-0.2, -0.15) is 0 Å². The monoisotopic (exact) mass is 238 g/mol. The SMILES string of the molecule is C=CCCN1CCC(=O)NC(CC(C)C)C1=O. The van der Waals surface area contributed by atoms with E-state index in [-0.39, 0.29) is 17.9 Å². The van der Waals surface area contributed by atoms with Crippen LogP contribution in [-0.2, 0) is 9.59 Å². The van der Waals surface area contributed by atoms with Crippen LogP contribution in [0.4, 0.5) is 0 Å². The third-order valence-corrected chi connectivity index (χ3v) is 2.86. The van der Waals surface area contributed by atoms with Crippen molar-refractivity contribution in [3.05, 3.63) is 12.7 Å². The van der Waals surface area contributed by atoms with Gasteiger partial charge in [0, 0.05) is 19.5 Å². The van der Waals surface area contributed by atoms with E-state index >= 15 is 0 Å². The van der Waals surface area contributed by atoms with Gasteiger partial charge in [0.1, 0.15) is 6.04 Å². The molecule has 0 aliphatic carbocycles. The molecule has 0 aromatic rings. The topological polar surface area (TPSA) is 49.4 Å². The van der Waals surface area contributed by atoms with Gasteiger partial charge in [0.25, 0.3) is 0 Å². The quantitative estimate of drug-likeness (QED) is 0.734. The largest absolute Gasteiger partial charge is 0.344 e. The Hall–Kier alpha value is -1.32. The smallest absolute Gasteiger partial charge is 0.245 e. The van der Waals surface area contributed by atoms with E-state index in [1.165, 1.54) is 0 Å². The van der Waals surface area contributed by atoms with Gasteiger partial charge in [-0.3, -0.25) is 9.59 Å². The standard InChI is InChI=1S/C13H22N2O2/c1-4-5-7-15-8-6-12(16)14-11(13(15)17)9-10(2)3/h4,10-11H,1,5-9H2,2-3H3,(H,14,16). The van der Waals surface area contributed by atoms with E-state index < -0.39 is 0 Å². The van der Waals surface area contributed by atoms with Gasteiger partial charge in [-0.1, -0.05) is 19.9 Å². The Bertz CT molecular complexity index is 300. The van der Waals surface area contributed by atoms with Crippen LogP contribution in [-0.4, -0.2) is 35.8 Å². The predicted octanol–water partition coefficient (Wildman–Crippen LogP) is 1.33. The maximum atomic E-state index is 12.2. The Morgan fingerprint density at radius 2 is 2.24 bits per heavy atom. The Labute approximate surface area is 103 Å². The van der Waals surface area contributed by atoms with Crippen LogP contribution in [0.3, 0.4) is 0 Å². The van der Waals surface area contributed by atoms with Crippen LogP contribution in [0.5, 0.6) is 0 Å². The lowest BCUT2D eigenvalue weighted by molar-refractivity contribution is -0.133. The highest BCUT2D eigenvalue weighted by Gasteiger charge is 2.29. The van der Waals surface area contributed by atoms with Crippen LogP contribution in [0.2, 0.25) is 0 Å². The first-order valence-electron chi connectivity index (χ1n) is 6.23. The minimum atomic E-state index is -0.352. The first-order chi connectivity index (χ1) is 8.04. The molecule has 1 unspecified atom stereocenters. The lowest BCUT2D eigenvalue weighted by Gasteiger charge is -2.24. The first kappa shape index (κ1) is 13.7. The number of amides is 2. The molecule has 1 rings (SSSR count). The summed E-state index contributed by atoms with van der Waals surface area (Å²) in [4.78, 5) is 25.5. The number of nitrogens with one attached hydrogen (secondary N) is 1. The minimum absolute atomic E-state index is 0.0231. The van der Waals surface area contributed by atoms with Gasteiger partial charge in [0.2, 0.25) is 11.8 Å². The van der Waals surface area contributed by atoms with Crippen molar-refractivity contribution >= 4 is 11.8 Å². The fourth-order valence-corrected chi connectivity index (χ4v) is 2.00. The fourth-order valence-electron chi connectivity index (χ4n) is 2.00. The van der Waals surface area contributed by atoms with E-state index in [0.29, 0.717) is 31.8 Å². The zero-order chi connectivity index (χ0) is 12.8. The van der Waals surface area contributed by atoms with Crippen molar-refractivity contribution in [2.24, 2.45) is 5.92 Å². The normalized spacial score (nSPS) is 21.4. The maximum absolute atomic E-state index is 12.2. The van der Waals surface area contributed by atoms with Crippen molar-refractivity contribution < 1.29 is 9.59 Å². The fraction of sp³-hybridized carbons (Fsp3) is 0.692. The van der Waals surface area contributed by atoms with Gasteiger partial charge in [-0.05, 0) is 18.8 Å². The van der Waals surface area contributed by atoms with Crippen molar-refractivity contribution in [2.75, 3.05) is 13.1 Å². The number of hydrogen-bond donors (Lipinski definition) is 1. The van der Waals surface area contributed by atoms with Crippen LogP contribution in [0, 0.1) is 5.92 Å². The van der Waals surface area contributed by atoms with Crippen molar-refractivity contribution in [2.45, 2.75) is 39.2 Å². The Morgan fingerprint density at radius 1 is 1.53 bits per heavy atom. The Morgan fingerprint density at radius 3 is 2.82 bits per heavy atom. The Kier molecular flexibility index (Phi) is 5.19. The van der Waals surface area contributed by atoms with E-state index in [1.807, 2.05) is 0 Å². The zero-order valence-corrected chi connectivity index (χ0v) is 10.7. The molecule has 4 nitrogen and oxygen atoms in total. The number of nitrogens with zero attached hydrogens (tertiary/aromatic N) is 1. The highest BCUT2D eigenvalue weighted by molar-refractivity contribution is 5.89. The van der Waals surface area contributed by atoms with E-state index in [2.05, 4.69) is 25.7 Å². The number of hydrogen-bond acceptors (Lipinski definition) is 2. The molecule has 2 amide bonds. The van der Waals surface area contributed by atoms with Gasteiger partial charge in [0.05, 0.1) is 0 Å². The van der Waals surface area contributed by atoms with Gasteiger partial charge >= 0.3 is 0 Å². The van der Waals surface area contributed by atoms with Crippen molar-refractivity contribution in [3.8, 4) is 0 Å². The highest BCUT2D eigenvalue weighted by atomic mass is 16.2. The van der Waals surface area contributed by atoms with Gasteiger partial charge < -0.3 is 10.2 Å². The van der Waals surface area contributed by atoms with Crippen LogP contribution in [0.1, 0.15) is 33.1 Å². The molecule has 1 N–H and O–H groups in total. The van der Waals surface area contributed by atoms with E-state index in [1.54, 1.807) is 11.0 Å². The molecule has 96 valence electrons. The number of carbonyl (C=O) groups excluding carboxylic acids is 2. The third kappa shape index (κ3) is 4.21. The third-order valence-electron chi connectivity index (χ3n) is 2.86. The van der Waals surface area contributed by atoms with Crippen molar-refractivity contribution in [1.29, 1.82) is 0 Å². The van der Waals surface area contributed by atoms with Crippen LogP contribution < -0.4 is 5.32 Å². The molecule has 0 aromatic carbocycles. The van der Waals surface area contributed by atoms with Crippen molar-refractivity contribution in [3.63, 3.8) is 0 Å². The molecule has 1 fully saturated rings. The molecule has 0 saturated carbocycles. The summed E-state index contributed by atoms with van der Waals surface area (Å²) in [6.07, 6.45) is 3.67. The van der Waals surface area contributed by atoms with Gasteiger partial charge in [0.15, 0.2) is 0 Å².